The second-order valence-electron chi connectivity index (χ2n) is 9.71. The Kier molecular flexibility index (Phi) is 15.6. The Hall–Kier alpha value is -2.91. The summed E-state index contributed by atoms with van der Waals surface area (Å²) >= 11 is 7.40. The highest BCUT2D eigenvalue weighted by molar-refractivity contribution is 7.15. The van der Waals surface area contributed by atoms with Crippen LogP contribution >= 0.6 is 22.9 Å². The first-order valence-electron chi connectivity index (χ1n) is 14.3. The van der Waals surface area contributed by atoms with Gasteiger partial charge in [0.05, 0.1) is 50.4 Å². The summed E-state index contributed by atoms with van der Waals surface area (Å²) in [5, 5.41) is 7.24. The summed E-state index contributed by atoms with van der Waals surface area (Å²) in [5.74, 6) is 2.49. The number of para-hydroxylation sites is 1. The van der Waals surface area contributed by atoms with Gasteiger partial charge in [-0.05, 0) is 32.4 Å². The van der Waals surface area contributed by atoms with Gasteiger partial charge in [-0.3, -0.25) is 9.69 Å². The second kappa shape index (κ2) is 19.4. The molecule has 0 bridgehead atoms. The van der Waals surface area contributed by atoms with E-state index in [0.29, 0.717) is 63.3 Å². The standard InChI is InChI=1S/C21H35N7O3S.C8H8ClNO/c1-17-16-23-21(32-17)26-19-15-20(25-18(2)24-19)28-6-4-27(5-7-28)8-10-30-12-14-31-13-11-29-9-3-22;1-6-3-2-4-7(9)8(6)10-5-11/h15-16H,3-14,22H2,1-2H3,(H,23,24,25,26);2-5H,1H3,(H,10,11). The Morgan fingerprint density at radius 2 is 1.70 bits per heavy atom. The number of anilines is 4. The van der Waals surface area contributed by atoms with Crippen molar-refractivity contribution < 1.29 is 19.0 Å². The minimum atomic E-state index is 0.543. The monoisotopic (exact) mass is 634 g/mol. The Balaban J connectivity index is 0.000000386. The Labute approximate surface area is 262 Å². The molecule has 236 valence electrons. The smallest absolute Gasteiger partial charge is 0.211 e. The zero-order chi connectivity index (χ0) is 30.9. The molecular formula is C29H43ClN8O4S. The summed E-state index contributed by atoms with van der Waals surface area (Å²) in [4.78, 5) is 29.5. The van der Waals surface area contributed by atoms with Gasteiger partial charge in [-0.2, -0.15) is 0 Å². The minimum Gasteiger partial charge on any atom is -0.378 e. The Bertz CT molecular complexity index is 1220. The number of carbonyl (C=O) groups is 1. The van der Waals surface area contributed by atoms with Crippen LogP contribution in [0.5, 0.6) is 0 Å². The van der Waals surface area contributed by atoms with E-state index in [-0.39, 0.29) is 0 Å². The molecule has 0 saturated carbocycles. The van der Waals surface area contributed by atoms with Gasteiger partial charge < -0.3 is 35.5 Å². The average Bonchev–Trinajstić information content (AvgIpc) is 3.40. The number of benzene rings is 1. The van der Waals surface area contributed by atoms with E-state index in [1.54, 1.807) is 17.4 Å². The van der Waals surface area contributed by atoms with Crippen LogP contribution in [0.25, 0.3) is 0 Å². The van der Waals surface area contributed by atoms with Crippen LogP contribution in [0.3, 0.4) is 0 Å². The molecule has 1 fully saturated rings. The summed E-state index contributed by atoms with van der Waals surface area (Å²) in [6.45, 7) is 14.8. The van der Waals surface area contributed by atoms with Crippen LogP contribution < -0.4 is 21.3 Å². The predicted molar refractivity (Wildman–Crippen MR) is 173 cm³/mol. The van der Waals surface area contributed by atoms with Crippen LogP contribution in [-0.4, -0.2) is 105 Å². The number of ether oxygens (including phenoxy) is 3. The molecule has 12 nitrogen and oxygen atoms in total. The predicted octanol–water partition coefficient (Wildman–Crippen LogP) is 3.64. The third kappa shape index (κ3) is 12.7. The van der Waals surface area contributed by atoms with Gasteiger partial charge in [0.1, 0.15) is 17.5 Å². The number of piperazine rings is 1. The van der Waals surface area contributed by atoms with Gasteiger partial charge in [-0.25, -0.2) is 15.0 Å². The molecule has 4 rings (SSSR count). The highest BCUT2D eigenvalue weighted by Crippen LogP contribution is 2.25. The summed E-state index contributed by atoms with van der Waals surface area (Å²) in [6, 6.07) is 7.47. The first-order chi connectivity index (χ1) is 20.9. The van der Waals surface area contributed by atoms with Crippen molar-refractivity contribution >= 4 is 51.8 Å². The summed E-state index contributed by atoms with van der Waals surface area (Å²) < 4.78 is 16.4. The number of nitrogens with two attached hydrogens (primary N) is 1. The summed E-state index contributed by atoms with van der Waals surface area (Å²) in [6.07, 6.45) is 2.48. The maximum Gasteiger partial charge on any atom is 0.211 e. The number of hydrogen-bond acceptors (Lipinski definition) is 12. The van der Waals surface area contributed by atoms with Gasteiger partial charge in [-0.15, -0.1) is 11.3 Å². The van der Waals surface area contributed by atoms with Crippen molar-refractivity contribution in [2.24, 2.45) is 5.73 Å². The molecule has 0 aliphatic carbocycles. The lowest BCUT2D eigenvalue weighted by molar-refractivity contribution is -0.105. The fourth-order valence-electron chi connectivity index (χ4n) is 4.19. The van der Waals surface area contributed by atoms with Gasteiger partial charge in [-0.1, -0.05) is 23.7 Å². The van der Waals surface area contributed by atoms with Crippen LogP contribution in [0, 0.1) is 20.8 Å². The lowest BCUT2D eigenvalue weighted by atomic mass is 10.2. The molecule has 0 radical (unpaired) electrons. The number of thiazole rings is 1. The molecule has 1 aliphatic rings. The Morgan fingerprint density at radius 3 is 2.33 bits per heavy atom. The molecule has 43 heavy (non-hydrogen) atoms. The number of aromatic nitrogens is 3. The SMILES string of the molecule is Cc1cccc(Cl)c1NC=O.Cc1nc(Nc2ncc(C)s2)cc(N2CCN(CCOCCOCCOCCN)CC2)n1. The third-order valence-corrected chi connectivity index (χ3v) is 7.50. The number of carbonyl (C=O) groups excluding carboxylic acids is 1. The molecule has 14 heteroatoms. The van der Waals surface area contributed by atoms with Crippen molar-refractivity contribution in [3.05, 3.63) is 51.7 Å². The maximum atomic E-state index is 10.1. The van der Waals surface area contributed by atoms with Crippen LogP contribution in [0.1, 0.15) is 16.3 Å². The number of halogens is 1. The zero-order valence-electron chi connectivity index (χ0n) is 25.2. The van der Waals surface area contributed by atoms with Crippen molar-refractivity contribution in [3.8, 4) is 0 Å². The third-order valence-electron chi connectivity index (χ3n) is 6.36. The van der Waals surface area contributed by atoms with Crippen molar-refractivity contribution in [2.75, 3.05) is 94.4 Å². The average molecular weight is 635 g/mol. The van der Waals surface area contributed by atoms with Gasteiger partial charge in [0.25, 0.3) is 0 Å². The zero-order valence-corrected chi connectivity index (χ0v) is 26.8. The topological polar surface area (TPSA) is 140 Å². The highest BCUT2D eigenvalue weighted by atomic mass is 35.5. The molecule has 1 amide bonds. The molecule has 2 aromatic heterocycles. The molecule has 0 spiro atoms. The van der Waals surface area contributed by atoms with Crippen LogP contribution in [-0.2, 0) is 19.0 Å². The molecular weight excluding hydrogens is 592 g/mol. The van der Waals surface area contributed by atoms with Crippen molar-refractivity contribution in [1.29, 1.82) is 0 Å². The number of rotatable bonds is 16. The quantitative estimate of drug-likeness (QED) is 0.157. The van der Waals surface area contributed by atoms with Crippen molar-refractivity contribution in [3.63, 3.8) is 0 Å². The Morgan fingerprint density at radius 1 is 1.00 bits per heavy atom. The van der Waals surface area contributed by atoms with Crippen molar-refractivity contribution in [2.45, 2.75) is 20.8 Å². The molecule has 0 atom stereocenters. The summed E-state index contributed by atoms with van der Waals surface area (Å²) in [7, 11) is 0. The van der Waals surface area contributed by atoms with E-state index in [4.69, 9.17) is 31.5 Å². The molecule has 1 aromatic carbocycles. The number of nitrogens with zero attached hydrogens (tertiary/aromatic N) is 5. The number of aryl methyl sites for hydroxylation is 3. The number of nitrogens with one attached hydrogen (secondary N) is 2. The fourth-order valence-corrected chi connectivity index (χ4v) is 5.14. The van der Waals surface area contributed by atoms with Crippen LogP contribution in [0.15, 0.2) is 30.5 Å². The van der Waals surface area contributed by atoms with Gasteiger partial charge in [0.2, 0.25) is 6.41 Å². The molecule has 3 aromatic rings. The van der Waals surface area contributed by atoms with E-state index in [9.17, 15) is 4.79 Å². The fraction of sp³-hybridized carbons (Fsp3) is 0.517. The van der Waals surface area contributed by atoms with E-state index in [2.05, 4.69) is 35.4 Å². The second-order valence-corrected chi connectivity index (χ2v) is 11.4. The normalized spacial score (nSPS) is 13.4. The van der Waals surface area contributed by atoms with E-state index in [0.717, 1.165) is 60.9 Å². The van der Waals surface area contributed by atoms with Crippen LogP contribution in [0.2, 0.25) is 5.02 Å². The molecule has 0 unspecified atom stereocenters. The van der Waals surface area contributed by atoms with E-state index in [1.165, 1.54) is 4.88 Å². The molecule has 4 N–H and O–H groups in total. The highest BCUT2D eigenvalue weighted by Gasteiger charge is 2.19. The van der Waals surface area contributed by atoms with Gasteiger partial charge >= 0.3 is 0 Å². The number of amides is 1. The first-order valence-corrected chi connectivity index (χ1v) is 15.5. The minimum absolute atomic E-state index is 0.543. The number of hydrogen-bond donors (Lipinski definition) is 3. The largest absolute Gasteiger partial charge is 0.378 e. The van der Waals surface area contributed by atoms with E-state index in [1.807, 2.05) is 45.2 Å². The molecule has 3 heterocycles. The van der Waals surface area contributed by atoms with Crippen molar-refractivity contribution in [1.82, 2.24) is 19.9 Å². The lowest BCUT2D eigenvalue weighted by Gasteiger charge is -2.35. The van der Waals surface area contributed by atoms with E-state index < -0.39 is 0 Å². The first kappa shape index (κ1) is 34.6. The van der Waals surface area contributed by atoms with Crippen LogP contribution in [0.4, 0.5) is 22.5 Å². The van der Waals surface area contributed by atoms with Gasteiger partial charge in [0.15, 0.2) is 5.13 Å². The molecule has 1 saturated heterocycles. The summed E-state index contributed by atoms with van der Waals surface area (Å²) in [5.41, 5.74) is 7.01. The maximum absolute atomic E-state index is 10.1. The van der Waals surface area contributed by atoms with Gasteiger partial charge in [0, 0.05) is 56.4 Å². The molecule has 1 aliphatic heterocycles. The van der Waals surface area contributed by atoms with E-state index >= 15 is 0 Å². The lowest BCUT2D eigenvalue weighted by Crippen LogP contribution is -2.47.